The van der Waals surface area contributed by atoms with Crippen LogP contribution in [-0.4, -0.2) is 27.3 Å². The smallest absolute Gasteiger partial charge is 0.323 e. The third kappa shape index (κ3) is 2.98. The van der Waals surface area contributed by atoms with Crippen molar-refractivity contribution in [2.45, 2.75) is 32.7 Å². The van der Waals surface area contributed by atoms with Crippen LogP contribution in [0.3, 0.4) is 0 Å². The predicted octanol–water partition coefficient (Wildman–Crippen LogP) is 4.38. The summed E-state index contributed by atoms with van der Waals surface area (Å²) in [5, 5.41) is 19.3. The molecule has 0 saturated heterocycles. The minimum absolute atomic E-state index is 0.133. The van der Waals surface area contributed by atoms with Crippen LogP contribution < -0.4 is 4.90 Å². The summed E-state index contributed by atoms with van der Waals surface area (Å²) in [5.74, 6) is -1.18. The molecule has 2 N–H and O–H groups in total. The van der Waals surface area contributed by atoms with Crippen LogP contribution >= 0.6 is 23.6 Å². The van der Waals surface area contributed by atoms with Gasteiger partial charge in [0.1, 0.15) is 6.54 Å². The molecule has 26 heavy (non-hydrogen) atoms. The number of carboxylic acid groups (broad SMARTS) is 1. The molecule has 0 amide bonds. The van der Waals surface area contributed by atoms with E-state index in [4.69, 9.17) is 17.3 Å². The minimum atomic E-state index is -1.05. The van der Waals surface area contributed by atoms with E-state index < -0.39 is 5.97 Å². The van der Waals surface area contributed by atoms with Gasteiger partial charge in [0.25, 0.3) is 0 Å². The Kier molecular flexibility index (Phi) is 4.80. The summed E-state index contributed by atoms with van der Waals surface area (Å²) < 4.78 is 1.54. The Morgan fingerprint density at radius 1 is 1.38 bits per heavy atom. The molecule has 1 aromatic carbocycles. The maximum atomic E-state index is 10.9. The van der Waals surface area contributed by atoms with Gasteiger partial charge in [-0.2, -0.15) is 0 Å². The highest BCUT2D eigenvalue weighted by atomic mass is 32.1. The monoisotopic (exact) mass is 388 g/mol. The summed E-state index contributed by atoms with van der Waals surface area (Å²) in [5.41, 5.74) is 6.52. The molecular formula is C19H20N2O3S2. The maximum absolute atomic E-state index is 10.9. The van der Waals surface area contributed by atoms with Crippen LogP contribution in [0.25, 0.3) is 6.08 Å². The van der Waals surface area contributed by atoms with Crippen LogP contribution in [0, 0.1) is 3.95 Å². The number of aromatic nitrogens is 1. The molecule has 1 aromatic heterocycles. The average molecular weight is 389 g/mol. The van der Waals surface area contributed by atoms with E-state index in [0.717, 1.165) is 17.9 Å². The highest BCUT2D eigenvalue weighted by molar-refractivity contribution is 7.73. The number of fused-ring (bicyclic) bond motifs is 1. The number of para-hydroxylation sites is 1. The standard InChI is InChI=1S/C19H20N2O3S2/c1-4-20-13-8-6-5-7-12(13)19(2,3)15(20)10-9-14-17(24)21(11-16(22)23)18(25)26-14/h5-9,24H,4,11H2,1-3H3,(H,22,23). The first kappa shape index (κ1) is 18.5. The molecular weight excluding hydrogens is 368 g/mol. The average Bonchev–Trinajstić information content (AvgIpc) is 2.97. The first-order valence-corrected chi connectivity index (χ1v) is 9.48. The number of anilines is 1. The van der Waals surface area contributed by atoms with Gasteiger partial charge in [0.2, 0.25) is 5.88 Å². The molecule has 1 aliphatic heterocycles. The Hall–Kier alpha value is -2.34. The van der Waals surface area contributed by atoms with Crippen molar-refractivity contribution in [2.24, 2.45) is 0 Å². The van der Waals surface area contributed by atoms with Crippen molar-refractivity contribution >= 4 is 41.3 Å². The van der Waals surface area contributed by atoms with Gasteiger partial charge in [-0.25, -0.2) is 0 Å². The van der Waals surface area contributed by atoms with Gasteiger partial charge >= 0.3 is 5.97 Å². The third-order valence-electron chi connectivity index (χ3n) is 4.57. The molecule has 3 rings (SSSR count). The topological polar surface area (TPSA) is 65.7 Å². The molecule has 2 heterocycles. The fourth-order valence-electron chi connectivity index (χ4n) is 3.33. The molecule has 0 fully saturated rings. The molecule has 7 heteroatoms. The zero-order chi connectivity index (χ0) is 19.1. The maximum Gasteiger partial charge on any atom is 0.323 e. The fraction of sp³-hybridized carbons (Fsp3) is 0.316. The minimum Gasteiger partial charge on any atom is -0.493 e. The summed E-state index contributed by atoms with van der Waals surface area (Å²) in [6, 6.07) is 8.27. The van der Waals surface area contributed by atoms with Crippen LogP contribution in [0.4, 0.5) is 5.69 Å². The van der Waals surface area contributed by atoms with E-state index >= 15 is 0 Å². The number of aliphatic carboxylic acids is 1. The largest absolute Gasteiger partial charge is 0.493 e. The van der Waals surface area contributed by atoms with Crippen molar-refractivity contribution in [1.82, 2.24) is 4.57 Å². The van der Waals surface area contributed by atoms with Gasteiger partial charge in [0.15, 0.2) is 3.95 Å². The lowest BCUT2D eigenvalue weighted by Gasteiger charge is -2.23. The molecule has 2 aromatic rings. The Morgan fingerprint density at radius 3 is 2.73 bits per heavy atom. The number of carbonyl (C=O) groups is 1. The zero-order valence-electron chi connectivity index (χ0n) is 14.8. The van der Waals surface area contributed by atoms with E-state index in [1.165, 1.54) is 21.5 Å². The lowest BCUT2D eigenvalue weighted by atomic mass is 9.84. The van der Waals surface area contributed by atoms with Crippen molar-refractivity contribution in [2.75, 3.05) is 11.4 Å². The molecule has 136 valence electrons. The lowest BCUT2D eigenvalue weighted by Crippen LogP contribution is -2.25. The van der Waals surface area contributed by atoms with E-state index in [9.17, 15) is 9.90 Å². The fourth-order valence-corrected chi connectivity index (χ4v) is 4.52. The molecule has 1 aliphatic rings. The molecule has 0 saturated carbocycles. The Bertz CT molecular complexity index is 994. The Labute approximate surface area is 161 Å². The second-order valence-electron chi connectivity index (χ2n) is 6.56. The van der Waals surface area contributed by atoms with Gasteiger partial charge < -0.3 is 15.1 Å². The van der Waals surface area contributed by atoms with Gasteiger partial charge in [-0.1, -0.05) is 23.9 Å². The summed E-state index contributed by atoms with van der Waals surface area (Å²) in [4.78, 5) is 13.6. The number of hydrogen-bond acceptors (Lipinski definition) is 5. The predicted molar refractivity (Wildman–Crippen MR) is 106 cm³/mol. The molecule has 0 bridgehead atoms. The van der Waals surface area contributed by atoms with E-state index in [1.54, 1.807) is 6.08 Å². The lowest BCUT2D eigenvalue weighted by molar-refractivity contribution is -0.137. The number of carboxylic acids is 1. The second kappa shape index (κ2) is 6.76. The molecule has 0 radical (unpaired) electrons. The quantitative estimate of drug-likeness (QED) is 0.601. The third-order valence-corrected chi connectivity index (χ3v) is 5.96. The Morgan fingerprint density at radius 2 is 2.08 bits per heavy atom. The summed E-state index contributed by atoms with van der Waals surface area (Å²) in [7, 11) is 0. The Balaban J connectivity index is 2.11. The summed E-state index contributed by atoms with van der Waals surface area (Å²) in [6.45, 7) is 6.83. The first-order chi connectivity index (χ1) is 12.3. The number of aromatic hydroxyl groups is 1. The number of thiazole rings is 1. The number of hydrogen-bond donors (Lipinski definition) is 2. The van der Waals surface area contributed by atoms with Crippen molar-refractivity contribution in [1.29, 1.82) is 0 Å². The summed E-state index contributed by atoms with van der Waals surface area (Å²) in [6.07, 6.45) is 1.69. The number of nitrogens with zero attached hydrogens (tertiary/aromatic N) is 2. The van der Waals surface area contributed by atoms with E-state index in [1.807, 2.05) is 12.1 Å². The highest BCUT2D eigenvalue weighted by Crippen LogP contribution is 2.47. The van der Waals surface area contributed by atoms with E-state index in [-0.39, 0.29) is 17.8 Å². The normalized spacial score (nSPS) is 14.9. The molecule has 5 nitrogen and oxygen atoms in total. The number of allylic oxidation sites excluding steroid dienone is 1. The van der Waals surface area contributed by atoms with Crippen molar-refractivity contribution in [3.8, 4) is 5.88 Å². The van der Waals surface area contributed by atoms with Crippen molar-refractivity contribution in [3.05, 3.63) is 50.1 Å². The second-order valence-corrected chi connectivity index (χ2v) is 8.24. The van der Waals surface area contributed by atoms with Crippen LogP contribution in [-0.2, 0) is 16.8 Å². The van der Waals surface area contributed by atoms with Gasteiger partial charge in [0.05, 0.1) is 10.6 Å². The van der Waals surface area contributed by atoms with Crippen LogP contribution in [0.2, 0.25) is 0 Å². The molecule has 0 aliphatic carbocycles. The van der Waals surface area contributed by atoms with Crippen LogP contribution in [0.15, 0.2) is 35.7 Å². The SMILES string of the molecule is CCN1C(=C=Cc2sc(=S)n(CC(=O)O)c2O)C(C)(C)c2ccccc21. The molecule has 0 atom stereocenters. The first-order valence-electron chi connectivity index (χ1n) is 8.26. The zero-order valence-corrected chi connectivity index (χ0v) is 16.4. The van der Waals surface area contributed by atoms with Crippen LogP contribution in [0.1, 0.15) is 31.2 Å². The van der Waals surface area contributed by atoms with Crippen molar-refractivity contribution < 1.29 is 15.0 Å². The van der Waals surface area contributed by atoms with Crippen molar-refractivity contribution in [3.63, 3.8) is 0 Å². The van der Waals surface area contributed by atoms with Gasteiger partial charge in [0, 0.05) is 23.7 Å². The molecule has 0 unspecified atom stereocenters. The summed E-state index contributed by atoms with van der Waals surface area (Å²) >= 11 is 6.34. The van der Waals surface area contributed by atoms with E-state index in [0.29, 0.717) is 8.83 Å². The number of benzene rings is 1. The number of likely N-dealkylation sites (N-methyl/N-ethyl adjacent to an activating group) is 1. The van der Waals surface area contributed by atoms with E-state index in [2.05, 4.69) is 43.5 Å². The van der Waals surface area contributed by atoms with Crippen LogP contribution in [0.5, 0.6) is 5.88 Å². The van der Waals surface area contributed by atoms with Gasteiger partial charge in [-0.05, 0) is 44.6 Å². The van der Waals surface area contributed by atoms with Gasteiger partial charge in [-0.15, -0.1) is 11.3 Å². The molecule has 0 spiro atoms. The highest BCUT2D eigenvalue weighted by Gasteiger charge is 2.39. The number of rotatable bonds is 4. The van der Waals surface area contributed by atoms with Gasteiger partial charge in [-0.3, -0.25) is 9.36 Å².